The molecule has 2 heterocycles. The number of para-hydroxylation sites is 3. The number of hydrogen-bond donors (Lipinski definition) is 1. The van der Waals surface area contributed by atoms with Crippen molar-refractivity contribution in [2.24, 2.45) is 0 Å². The van der Waals surface area contributed by atoms with Crippen LogP contribution in [-0.4, -0.2) is 40.5 Å². The van der Waals surface area contributed by atoms with Crippen molar-refractivity contribution in [1.29, 1.82) is 0 Å². The number of halogens is 1. The Hall–Kier alpha value is -2.53. The fourth-order valence-electron chi connectivity index (χ4n) is 3.54. The van der Waals surface area contributed by atoms with Gasteiger partial charge in [-0.25, -0.2) is 4.98 Å². The second kappa shape index (κ2) is 8.01. The molecule has 0 atom stereocenters. The maximum atomic E-state index is 12.4. The van der Waals surface area contributed by atoms with E-state index in [1.54, 1.807) is 6.07 Å². The van der Waals surface area contributed by atoms with Crippen LogP contribution in [0.4, 0.5) is 0 Å². The number of fused-ring (bicyclic) bond motifs is 1. The van der Waals surface area contributed by atoms with Crippen LogP contribution in [0.1, 0.15) is 31.0 Å². The standard InChI is InChI=1S/C21H22ClN3O2/c22-16-5-1-4-8-19(16)27-14-11-20(26)25-12-9-15(10-13-25)21-23-17-6-2-3-7-18(17)24-21/h1-8,15H,9-14H2,(H,23,24). The van der Waals surface area contributed by atoms with Crippen LogP contribution in [0.15, 0.2) is 48.5 Å². The Balaban J connectivity index is 1.27. The molecule has 5 nitrogen and oxygen atoms in total. The zero-order valence-electron chi connectivity index (χ0n) is 15.0. The van der Waals surface area contributed by atoms with Crippen molar-refractivity contribution in [3.63, 3.8) is 0 Å². The summed E-state index contributed by atoms with van der Waals surface area (Å²) in [4.78, 5) is 22.5. The Morgan fingerprint density at radius 1 is 1.15 bits per heavy atom. The van der Waals surface area contributed by atoms with Crippen LogP contribution in [0, 0.1) is 0 Å². The van der Waals surface area contributed by atoms with Crippen LogP contribution in [0.2, 0.25) is 5.02 Å². The van der Waals surface area contributed by atoms with Gasteiger partial charge in [0.15, 0.2) is 0 Å². The summed E-state index contributed by atoms with van der Waals surface area (Å²) in [7, 11) is 0. The quantitative estimate of drug-likeness (QED) is 0.710. The lowest BCUT2D eigenvalue weighted by atomic mass is 9.96. The molecule has 0 unspecified atom stereocenters. The summed E-state index contributed by atoms with van der Waals surface area (Å²) in [6.45, 7) is 1.85. The molecule has 27 heavy (non-hydrogen) atoms. The van der Waals surface area contributed by atoms with Gasteiger partial charge in [0.1, 0.15) is 11.6 Å². The second-order valence-corrected chi connectivity index (χ2v) is 7.23. The lowest BCUT2D eigenvalue weighted by molar-refractivity contribution is -0.132. The first kappa shape index (κ1) is 17.9. The molecule has 6 heteroatoms. The Kier molecular flexibility index (Phi) is 5.30. The predicted octanol–water partition coefficient (Wildman–Crippen LogP) is 4.39. The van der Waals surface area contributed by atoms with Gasteiger partial charge >= 0.3 is 0 Å². The minimum atomic E-state index is 0.130. The lowest BCUT2D eigenvalue weighted by Crippen LogP contribution is -2.38. The number of aromatic nitrogens is 2. The van der Waals surface area contributed by atoms with Gasteiger partial charge < -0.3 is 14.6 Å². The highest BCUT2D eigenvalue weighted by Gasteiger charge is 2.25. The number of amides is 1. The predicted molar refractivity (Wildman–Crippen MR) is 106 cm³/mol. The molecule has 0 aliphatic carbocycles. The summed E-state index contributed by atoms with van der Waals surface area (Å²) in [6, 6.07) is 15.4. The molecule has 1 aromatic heterocycles. The largest absolute Gasteiger partial charge is 0.491 e. The number of benzene rings is 2. The van der Waals surface area contributed by atoms with E-state index >= 15 is 0 Å². The van der Waals surface area contributed by atoms with Crippen molar-refractivity contribution in [2.75, 3.05) is 19.7 Å². The number of hydrogen-bond acceptors (Lipinski definition) is 3. The van der Waals surface area contributed by atoms with E-state index in [0.717, 1.165) is 42.8 Å². The van der Waals surface area contributed by atoms with Crippen molar-refractivity contribution in [3.8, 4) is 5.75 Å². The zero-order valence-corrected chi connectivity index (χ0v) is 15.8. The molecule has 0 radical (unpaired) electrons. The van der Waals surface area contributed by atoms with Crippen molar-refractivity contribution in [3.05, 3.63) is 59.4 Å². The number of piperidine rings is 1. The van der Waals surface area contributed by atoms with Gasteiger partial charge in [0.05, 0.1) is 29.1 Å². The minimum Gasteiger partial charge on any atom is -0.491 e. The fourth-order valence-corrected chi connectivity index (χ4v) is 3.73. The van der Waals surface area contributed by atoms with E-state index < -0.39 is 0 Å². The van der Waals surface area contributed by atoms with Crippen molar-refractivity contribution >= 4 is 28.5 Å². The average molecular weight is 384 g/mol. The van der Waals surface area contributed by atoms with Gasteiger partial charge in [0, 0.05) is 19.0 Å². The molecule has 0 spiro atoms. The number of carbonyl (C=O) groups excluding carboxylic acids is 1. The number of H-pyrrole nitrogens is 1. The number of ether oxygens (including phenoxy) is 1. The molecule has 3 aromatic rings. The Morgan fingerprint density at radius 2 is 1.89 bits per heavy atom. The SMILES string of the molecule is O=C(CCOc1ccccc1Cl)N1CCC(c2nc3ccccc3[nH]2)CC1. The van der Waals surface area contributed by atoms with Crippen LogP contribution in [0.25, 0.3) is 11.0 Å². The first-order valence-electron chi connectivity index (χ1n) is 9.30. The number of nitrogens with one attached hydrogen (secondary N) is 1. The highest BCUT2D eigenvalue weighted by Crippen LogP contribution is 2.28. The molecule has 4 rings (SSSR count). The third-order valence-electron chi connectivity index (χ3n) is 5.05. The zero-order chi connectivity index (χ0) is 18.6. The summed E-state index contributed by atoms with van der Waals surface area (Å²) in [5.74, 6) is 2.16. The van der Waals surface area contributed by atoms with Crippen LogP contribution in [0.5, 0.6) is 5.75 Å². The molecular weight excluding hydrogens is 362 g/mol. The first-order chi connectivity index (χ1) is 13.2. The number of imidazole rings is 1. The first-order valence-corrected chi connectivity index (χ1v) is 9.68. The van der Waals surface area contributed by atoms with Gasteiger partial charge in [-0.15, -0.1) is 0 Å². The van der Waals surface area contributed by atoms with Crippen LogP contribution < -0.4 is 4.74 Å². The summed E-state index contributed by atoms with van der Waals surface area (Å²) in [5.41, 5.74) is 2.07. The van der Waals surface area contributed by atoms with Crippen molar-refractivity contribution in [2.45, 2.75) is 25.2 Å². The normalized spacial score (nSPS) is 15.2. The molecule has 1 fully saturated rings. The summed E-state index contributed by atoms with van der Waals surface area (Å²) in [6.07, 6.45) is 2.22. The highest BCUT2D eigenvalue weighted by atomic mass is 35.5. The van der Waals surface area contributed by atoms with Gasteiger partial charge in [0.25, 0.3) is 0 Å². The summed E-state index contributed by atoms with van der Waals surface area (Å²) >= 11 is 6.06. The molecule has 0 bridgehead atoms. The van der Waals surface area contributed by atoms with E-state index in [9.17, 15) is 4.79 Å². The molecule has 0 saturated carbocycles. The van der Waals surface area contributed by atoms with E-state index in [2.05, 4.69) is 4.98 Å². The van der Waals surface area contributed by atoms with E-state index in [4.69, 9.17) is 21.3 Å². The fraction of sp³-hybridized carbons (Fsp3) is 0.333. The molecule has 2 aromatic carbocycles. The molecule has 1 N–H and O–H groups in total. The van der Waals surface area contributed by atoms with E-state index in [0.29, 0.717) is 29.7 Å². The maximum Gasteiger partial charge on any atom is 0.225 e. The number of carbonyl (C=O) groups is 1. The number of aromatic amines is 1. The Labute approximate surface area is 163 Å². The smallest absolute Gasteiger partial charge is 0.225 e. The second-order valence-electron chi connectivity index (χ2n) is 6.82. The molecule has 1 amide bonds. The Morgan fingerprint density at radius 3 is 2.67 bits per heavy atom. The van der Waals surface area contributed by atoms with E-state index in [1.807, 2.05) is 47.4 Å². The van der Waals surface area contributed by atoms with Gasteiger partial charge in [0.2, 0.25) is 5.91 Å². The summed E-state index contributed by atoms with van der Waals surface area (Å²) < 4.78 is 5.63. The topological polar surface area (TPSA) is 58.2 Å². The maximum absolute atomic E-state index is 12.4. The highest BCUT2D eigenvalue weighted by molar-refractivity contribution is 6.32. The van der Waals surface area contributed by atoms with Gasteiger partial charge in [-0.2, -0.15) is 0 Å². The lowest BCUT2D eigenvalue weighted by Gasteiger charge is -2.31. The number of likely N-dealkylation sites (tertiary alicyclic amines) is 1. The molecule has 1 saturated heterocycles. The third kappa shape index (κ3) is 4.08. The molecule has 1 aliphatic heterocycles. The van der Waals surface area contributed by atoms with Crippen LogP contribution in [0.3, 0.4) is 0 Å². The Bertz CT molecular complexity index is 899. The van der Waals surface area contributed by atoms with Crippen LogP contribution >= 0.6 is 11.6 Å². The summed E-state index contributed by atoms with van der Waals surface area (Å²) in [5, 5.41) is 0.566. The van der Waals surface area contributed by atoms with Crippen molar-refractivity contribution in [1.82, 2.24) is 14.9 Å². The minimum absolute atomic E-state index is 0.130. The van der Waals surface area contributed by atoms with Crippen LogP contribution in [-0.2, 0) is 4.79 Å². The van der Waals surface area contributed by atoms with E-state index in [-0.39, 0.29) is 5.91 Å². The van der Waals surface area contributed by atoms with Gasteiger partial charge in [-0.1, -0.05) is 35.9 Å². The molecule has 1 aliphatic rings. The number of rotatable bonds is 5. The van der Waals surface area contributed by atoms with Crippen molar-refractivity contribution < 1.29 is 9.53 Å². The average Bonchev–Trinajstić information content (AvgIpc) is 3.14. The van der Waals surface area contributed by atoms with Gasteiger partial charge in [-0.05, 0) is 37.1 Å². The monoisotopic (exact) mass is 383 g/mol. The molecular formula is C21H22ClN3O2. The molecule has 140 valence electrons. The van der Waals surface area contributed by atoms with E-state index in [1.165, 1.54) is 0 Å². The number of nitrogens with zero attached hydrogens (tertiary/aromatic N) is 2. The third-order valence-corrected chi connectivity index (χ3v) is 5.36. The van der Waals surface area contributed by atoms with Gasteiger partial charge in [-0.3, -0.25) is 4.79 Å².